The molecule has 14 aromatic rings. The van der Waals surface area contributed by atoms with E-state index >= 15 is 0 Å². The molecule has 0 saturated carbocycles. The molecule has 5 heterocycles. The maximum absolute atomic E-state index is 5.99. The van der Waals surface area contributed by atoms with Crippen LogP contribution in [0.2, 0.25) is 0 Å². The zero-order chi connectivity index (χ0) is 44.1. The molecule has 0 bridgehead atoms. The van der Waals surface area contributed by atoms with E-state index in [1.54, 1.807) is 0 Å². The van der Waals surface area contributed by atoms with Gasteiger partial charge in [-0.15, -0.1) is 0 Å². The molecular weight excluding hydrogens is 1040 g/mol. The molecule has 0 N–H and O–H groups in total. The molecule has 9 heteroatoms. The van der Waals surface area contributed by atoms with E-state index in [2.05, 4.69) is 197 Å². The van der Waals surface area contributed by atoms with Crippen LogP contribution in [0.25, 0.3) is 94.6 Å². The number of para-hydroxylation sites is 6. The second-order valence-electron chi connectivity index (χ2n) is 16.1. The number of hydrogen-bond acceptors (Lipinski definition) is 4. The van der Waals surface area contributed by atoms with Crippen molar-refractivity contribution in [3.05, 3.63) is 231 Å². The van der Waals surface area contributed by atoms with Crippen LogP contribution in [-0.4, -0.2) is 23.3 Å². The van der Waals surface area contributed by atoms with Crippen molar-refractivity contribution in [2.45, 2.75) is 6.42 Å². The lowest BCUT2D eigenvalue weighted by atomic mass is 10.1. The van der Waals surface area contributed by atoms with Crippen molar-refractivity contribution >= 4 is 123 Å². The van der Waals surface area contributed by atoms with Crippen molar-refractivity contribution in [3.8, 4) is 16.8 Å². The van der Waals surface area contributed by atoms with Crippen LogP contribution in [0.3, 0.4) is 0 Å². The summed E-state index contributed by atoms with van der Waals surface area (Å²) in [5, 5.41) is 2.44. The molecule has 1 aliphatic rings. The summed E-state index contributed by atoms with van der Waals surface area (Å²) in [5.74, 6) is 1.29. The Balaban J connectivity index is 0.000000109. The highest BCUT2D eigenvalue weighted by Gasteiger charge is 2.22. The molecule has 1 aliphatic carbocycles. The highest BCUT2D eigenvalue weighted by molar-refractivity contribution is 14.1. The summed E-state index contributed by atoms with van der Waals surface area (Å²) in [5.41, 5.74) is 16.8. The summed E-state index contributed by atoms with van der Waals surface area (Å²) < 4.78 is 21.0. The zero-order valence-corrected chi connectivity index (χ0v) is 39.5. The average Bonchev–Trinajstić information content (AvgIpc) is 4.20. The zero-order valence-electron chi connectivity index (χ0n) is 35.2. The first-order valence-corrected chi connectivity index (χ1v) is 23.8. The Hall–Kier alpha value is -7.22. The summed E-state index contributed by atoms with van der Waals surface area (Å²) in [6.45, 7) is 0. The molecule has 0 unspecified atom stereocenters. The highest BCUT2D eigenvalue weighted by atomic mass is 127. The lowest BCUT2D eigenvalue weighted by Crippen LogP contribution is -1.92. The fourth-order valence-corrected chi connectivity index (χ4v) is 9.97. The molecule has 0 saturated heterocycles. The number of hydrogen-bond donors (Lipinski definition) is 0. The quantitative estimate of drug-likeness (QED) is 0.154. The van der Waals surface area contributed by atoms with Gasteiger partial charge >= 0.3 is 11.7 Å². The minimum Gasteiger partial charge on any atom is -0.423 e. The Morgan fingerprint density at radius 1 is 0.379 bits per heavy atom. The van der Waals surface area contributed by atoms with E-state index in [-0.39, 0.29) is 0 Å². The number of aromatic nitrogens is 5. The van der Waals surface area contributed by atoms with Gasteiger partial charge in [0, 0.05) is 23.6 Å². The third kappa shape index (κ3) is 7.19. The first kappa shape index (κ1) is 40.3. The van der Waals surface area contributed by atoms with E-state index < -0.39 is 0 Å². The molecule has 15 rings (SSSR count). The first-order chi connectivity index (χ1) is 32.6. The molecule has 0 atom stereocenters. The Morgan fingerprint density at radius 2 is 0.879 bits per heavy atom. The van der Waals surface area contributed by atoms with Gasteiger partial charge in [0.05, 0.1) is 44.1 Å². The topological polar surface area (TPSA) is 65.8 Å². The molecule has 5 aromatic heterocycles. The summed E-state index contributed by atoms with van der Waals surface area (Å²) in [7, 11) is 0. The maximum Gasteiger partial charge on any atom is 0.307 e. The van der Waals surface area contributed by atoms with E-state index in [9.17, 15) is 0 Å². The lowest BCUT2D eigenvalue weighted by molar-refractivity contribution is 0.642. The van der Waals surface area contributed by atoms with Crippen LogP contribution >= 0.6 is 45.2 Å². The summed E-state index contributed by atoms with van der Waals surface area (Å²) in [6.07, 6.45) is 0.987. The lowest BCUT2D eigenvalue weighted by Gasteiger charge is -2.07. The third-order valence-corrected chi connectivity index (χ3v) is 13.5. The number of nitrogens with zero attached hydrogens (tertiary/aromatic N) is 5. The number of fused-ring (bicyclic) bond motifs is 16. The van der Waals surface area contributed by atoms with E-state index in [1.807, 2.05) is 78.9 Å². The minimum absolute atomic E-state index is 0.629. The van der Waals surface area contributed by atoms with Crippen LogP contribution in [0.15, 0.2) is 221 Å². The standard InChI is InChI=1S/C25H15N3O.C20H12N2O.2C6H5I/c1-2-8-16(9-3-1)27-20-11-5-4-10-17(20)18-14-23-19(15-22(18)27)26-25-28(23)21-12-6-7-13-24(21)29-25;1-2-6-14-12(5-1)9-13-10-16-18(11-15(13)14)22-17-7-3-4-8-19(17)23-20(22)21-16;2*7-6-4-2-1-3-5-6/h1-15H;1-8,10-11H,9H2;2*1-5H. The SMILES string of the molecule is Ic1ccccc1.Ic1ccccc1.c1ccc(-n2c3ccccc3c3cc4c(cc32)nc2oc3ccccc3n24)cc1.c1ccc2c(c1)Cc1cc3nc4oc5ccccc5n4c3cc1-2. The number of imidazole rings is 2. The molecule has 316 valence electrons. The van der Waals surface area contributed by atoms with Crippen LogP contribution in [0, 0.1) is 7.14 Å². The molecule has 0 spiro atoms. The maximum atomic E-state index is 5.99. The molecule has 7 nitrogen and oxygen atoms in total. The molecule has 9 aromatic carbocycles. The smallest absolute Gasteiger partial charge is 0.307 e. The van der Waals surface area contributed by atoms with Crippen LogP contribution in [0.4, 0.5) is 0 Å². The van der Waals surface area contributed by atoms with Crippen molar-refractivity contribution in [3.63, 3.8) is 0 Å². The van der Waals surface area contributed by atoms with Crippen LogP contribution in [0.5, 0.6) is 0 Å². The van der Waals surface area contributed by atoms with Crippen molar-refractivity contribution in [1.29, 1.82) is 0 Å². The molecule has 0 amide bonds. The third-order valence-electron chi connectivity index (χ3n) is 12.0. The van der Waals surface area contributed by atoms with E-state index in [0.717, 1.165) is 61.9 Å². The monoisotopic (exact) mass is 1080 g/mol. The van der Waals surface area contributed by atoms with Crippen molar-refractivity contribution < 1.29 is 8.83 Å². The number of rotatable bonds is 1. The van der Waals surface area contributed by atoms with Gasteiger partial charge in [0.1, 0.15) is 0 Å². The number of oxazole rings is 2. The normalized spacial score (nSPS) is 11.7. The average molecular weight is 1080 g/mol. The Kier molecular flexibility index (Phi) is 10.4. The Morgan fingerprint density at radius 3 is 1.48 bits per heavy atom. The number of halogens is 2. The second-order valence-corrected chi connectivity index (χ2v) is 18.6. The van der Waals surface area contributed by atoms with Crippen LogP contribution in [0.1, 0.15) is 11.1 Å². The number of benzene rings is 9. The minimum atomic E-state index is 0.629. The summed E-state index contributed by atoms with van der Waals surface area (Å²) in [6, 6.07) is 73.1. The summed E-state index contributed by atoms with van der Waals surface area (Å²) >= 11 is 4.56. The van der Waals surface area contributed by atoms with Gasteiger partial charge in [-0.2, -0.15) is 9.97 Å². The molecule has 66 heavy (non-hydrogen) atoms. The van der Waals surface area contributed by atoms with Crippen molar-refractivity contribution in [2.24, 2.45) is 0 Å². The predicted octanol–water partition coefficient (Wildman–Crippen LogP) is 15.7. The van der Waals surface area contributed by atoms with Gasteiger partial charge < -0.3 is 13.4 Å². The highest BCUT2D eigenvalue weighted by Crippen LogP contribution is 2.40. The van der Waals surface area contributed by atoms with E-state index in [1.165, 1.54) is 45.7 Å². The Labute approximate surface area is 405 Å². The van der Waals surface area contributed by atoms with Crippen LogP contribution in [-0.2, 0) is 6.42 Å². The van der Waals surface area contributed by atoms with E-state index in [4.69, 9.17) is 13.8 Å². The second kappa shape index (κ2) is 17.0. The van der Waals surface area contributed by atoms with Gasteiger partial charge in [-0.3, -0.25) is 8.80 Å². The van der Waals surface area contributed by atoms with Gasteiger partial charge in [-0.25, -0.2) is 0 Å². The van der Waals surface area contributed by atoms with Gasteiger partial charge in [0.15, 0.2) is 11.2 Å². The Bertz CT molecular complexity index is 4020. The fraction of sp³-hybridized carbons (Fsp3) is 0.0175. The van der Waals surface area contributed by atoms with Gasteiger partial charge in [-0.05, 0) is 165 Å². The van der Waals surface area contributed by atoms with E-state index in [0.29, 0.717) is 11.7 Å². The largest absolute Gasteiger partial charge is 0.423 e. The molecule has 0 aliphatic heterocycles. The molecule has 0 radical (unpaired) electrons. The first-order valence-electron chi connectivity index (χ1n) is 21.7. The predicted molar refractivity (Wildman–Crippen MR) is 286 cm³/mol. The van der Waals surface area contributed by atoms with Crippen molar-refractivity contribution in [1.82, 2.24) is 23.3 Å². The van der Waals surface area contributed by atoms with Gasteiger partial charge in [0.25, 0.3) is 0 Å². The van der Waals surface area contributed by atoms with Crippen molar-refractivity contribution in [2.75, 3.05) is 0 Å². The van der Waals surface area contributed by atoms with Gasteiger partial charge in [-0.1, -0.05) is 121 Å². The fourth-order valence-electron chi connectivity index (χ4n) is 9.14. The molecular formula is C57H37I2N5O2. The van der Waals surface area contributed by atoms with Crippen LogP contribution < -0.4 is 0 Å². The van der Waals surface area contributed by atoms with Gasteiger partial charge in [0.2, 0.25) is 0 Å². The molecule has 0 fully saturated rings. The summed E-state index contributed by atoms with van der Waals surface area (Å²) in [4.78, 5) is 9.48.